The number of rotatable bonds is 5. The maximum atomic E-state index is 11.1. The van der Waals surface area contributed by atoms with Gasteiger partial charge in [0.1, 0.15) is 0 Å². The highest BCUT2D eigenvalue weighted by Gasteiger charge is 2.17. The second-order valence-electron chi connectivity index (χ2n) is 4.38. The van der Waals surface area contributed by atoms with Gasteiger partial charge in [0.25, 0.3) is 0 Å². The lowest BCUT2D eigenvalue weighted by molar-refractivity contribution is -0.119. The Morgan fingerprint density at radius 1 is 1.35 bits per heavy atom. The molecule has 1 N–H and O–H groups in total. The van der Waals surface area contributed by atoms with Crippen LogP contribution in [0.25, 0.3) is 0 Å². The Kier molecular flexibility index (Phi) is 5.49. The second-order valence-corrected chi connectivity index (χ2v) is 4.65. The molecule has 0 aromatic heterocycles. The van der Waals surface area contributed by atoms with E-state index in [0.29, 0.717) is 11.8 Å². The fourth-order valence-corrected chi connectivity index (χ4v) is 2.16. The van der Waals surface area contributed by atoms with Gasteiger partial charge in [-0.25, -0.2) is 0 Å². The number of hydrogen-bond acceptors (Lipinski definition) is 1. The van der Waals surface area contributed by atoms with Gasteiger partial charge in [-0.3, -0.25) is 4.79 Å². The lowest BCUT2D eigenvalue weighted by Gasteiger charge is -2.24. The Morgan fingerprint density at radius 3 is 2.35 bits per heavy atom. The van der Waals surface area contributed by atoms with Crippen molar-refractivity contribution in [3.8, 4) is 0 Å². The number of nitrogens with one attached hydrogen (secondary N) is 1. The fourth-order valence-electron chi connectivity index (χ4n) is 1.98. The molecule has 1 aromatic carbocycles. The molecule has 0 fully saturated rings. The Hall–Kier alpha value is -1.02. The summed E-state index contributed by atoms with van der Waals surface area (Å²) in [5.41, 5.74) is 2.36. The van der Waals surface area contributed by atoms with Crippen molar-refractivity contribution in [1.29, 1.82) is 0 Å². The van der Waals surface area contributed by atoms with Crippen LogP contribution in [-0.4, -0.2) is 11.9 Å². The van der Waals surface area contributed by atoms with E-state index in [1.165, 1.54) is 5.56 Å². The largest absolute Gasteiger partial charge is 0.353 e. The molecule has 0 saturated heterocycles. The molecule has 0 aliphatic carbocycles. The van der Waals surface area contributed by atoms with E-state index >= 15 is 0 Å². The van der Waals surface area contributed by atoms with Crippen molar-refractivity contribution in [2.24, 2.45) is 0 Å². The van der Waals surface area contributed by atoms with Crippen molar-refractivity contribution < 1.29 is 4.79 Å². The lowest BCUT2D eigenvalue weighted by Crippen LogP contribution is -2.36. The molecular formula is C14H20ClNO. The molecule has 0 spiro atoms. The van der Waals surface area contributed by atoms with Gasteiger partial charge in [0.2, 0.25) is 5.91 Å². The van der Waals surface area contributed by atoms with Gasteiger partial charge in [0, 0.05) is 24.8 Å². The van der Waals surface area contributed by atoms with E-state index in [0.717, 1.165) is 12.0 Å². The number of carbonyl (C=O) groups excluding carboxylic acids is 1. The number of halogens is 1. The Morgan fingerprint density at radius 2 is 1.94 bits per heavy atom. The third-order valence-electron chi connectivity index (χ3n) is 3.09. The van der Waals surface area contributed by atoms with Crippen LogP contribution in [-0.2, 0) is 10.7 Å². The zero-order valence-electron chi connectivity index (χ0n) is 10.7. The molecule has 94 valence electrons. The molecule has 0 aliphatic rings. The zero-order chi connectivity index (χ0) is 12.8. The fraction of sp³-hybridized carbons (Fsp3) is 0.500. The second kappa shape index (κ2) is 6.65. The molecule has 3 heteroatoms. The van der Waals surface area contributed by atoms with Gasteiger partial charge in [-0.15, -0.1) is 11.6 Å². The van der Waals surface area contributed by atoms with Crippen molar-refractivity contribution >= 4 is 17.5 Å². The third kappa shape index (κ3) is 4.04. The van der Waals surface area contributed by atoms with Crippen LogP contribution in [0.4, 0.5) is 0 Å². The van der Waals surface area contributed by atoms with E-state index in [1.807, 2.05) is 12.1 Å². The summed E-state index contributed by atoms with van der Waals surface area (Å²) in [5.74, 6) is 0.881. The van der Waals surface area contributed by atoms with Crippen LogP contribution >= 0.6 is 11.6 Å². The van der Waals surface area contributed by atoms with Crippen LogP contribution in [0, 0.1) is 0 Å². The minimum Gasteiger partial charge on any atom is -0.353 e. The minimum absolute atomic E-state index is 0.0288. The highest BCUT2D eigenvalue weighted by molar-refractivity contribution is 6.17. The quantitative estimate of drug-likeness (QED) is 0.801. The van der Waals surface area contributed by atoms with Crippen molar-refractivity contribution in [3.63, 3.8) is 0 Å². The number of hydrogen-bond donors (Lipinski definition) is 1. The molecule has 2 nitrogen and oxygen atoms in total. The summed E-state index contributed by atoms with van der Waals surface area (Å²) in [6.07, 6.45) is 0.929. The summed E-state index contributed by atoms with van der Waals surface area (Å²) in [7, 11) is 0. The summed E-state index contributed by atoms with van der Waals surface area (Å²) in [6, 6.07) is 8.45. The van der Waals surface area contributed by atoms with Crippen molar-refractivity contribution in [3.05, 3.63) is 35.4 Å². The number of benzene rings is 1. The van der Waals surface area contributed by atoms with Crippen LogP contribution in [0.1, 0.15) is 44.2 Å². The summed E-state index contributed by atoms with van der Waals surface area (Å²) < 4.78 is 0. The maximum absolute atomic E-state index is 11.1. The summed E-state index contributed by atoms with van der Waals surface area (Å²) in [5, 5.41) is 2.99. The monoisotopic (exact) mass is 253 g/mol. The first-order chi connectivity index (χ1) is 8.08. The molecule has 0 heterocycles. The molecule has 2 unspecified atom stereocenters. The van der Waals surface area contributed by atoms with Crippen molar-refractivity contribution in [1.82, 2.24) is 5.32 Å². The van der Waals surface area contributed by atoms with Crippen LogP contribution < -0.4 is 5.32 Å². The van der Waals surface area contributed by atoms with E-state index in [-0.39, 0.29) is 11.9 Å². The van der Waals surface area contributed by atoms with E-state index in [2.05, 4.69) is 31.3 Å². The Bertz CT molecular complexity index is 361. The van der Waals surface area contributed by atoms with Gasteiger partial charge in [0.15, 0.2) is 0 Å². The minimum atomic E-state index is 0.0288. The van der Waals surface area contributed by atoms with Gasteiger partial charge in [0.05, 0.1) is 0 Å². The van der Waals surface area contributed by atoms with Crippen LogP contribution in [0.3, 0.4) is 0 Å². The predicted molar refractivity (Wildman–Crippen MR) is 72.3 cm³/mol. The molecule has 0 radical (unpaired) electrons. The van der Waals surface area contributed by atoms with Gasteiger partial charge in [-0.05, 0) is 17.5 Å². The van der Waals surface area contributed by atoms with E-state index < -0.39 is 0 Å². The number of amides is 1. The first kappa shape index (κ1) is 14.0. The molecule has 1 rings (SSSR count). The van der Waals surface area contributed by atoms with Crippen LogP contribution in [0.15, 0.2) is 24.3 Å². The van der Waals surface area contributed by atoms with E-state index in [9.17, 15) is 4.79 Å². The summed E-state index contributed by atoms with van der Waals surface area (Å²) in [6.45, 7) is 5.79. The van der Waals surface area contributed by atoms with Crippen LogP contribution in [0.2, 0.25) is 0 Å². The molecule has 0 bridgehead atoms. The molecule has 1 amide bonds. The van der Waals surface area contributed by atoms with Gasteiger partial charge in [-0.2, -0.15) is 0 Å². The molecular weight excluding hydrogens is 234 g/mol. The summed E-state index contributed by atoms with van der Waals surface area (Å²) >= 11 is 5.76. The molecule has 1 aromatic rings. The van der Waals surface area contributed by atoms with Crippen LogP contribution in [0.5, 0.6) is 0 Å². The Labute approximate surface area is 108 Å². The molecule has 2 atom stereocenters. The average Bonchev–Trinajstić information content (AvgIpc) is 2.35. The summed E-state index contributed by atoms with van der Waals surface area (Å²) in [4.78, 5) is 11.1. The normalized spacial score (nSPS) is 14.1. The molecule has 0 aliphatic heterocycles. The average molecular weight is 254 g/mol. The van der Waals surface area contributed by atoms with Gasteiger partial charge in [-0.1, -0.05) is 38.1 Å². The first-order valence-corrected chi connectivity index (χ1v) is 6.53. The van der Waals surface area contributed by atoms with Crippen molar-refractivity contribution in [2.75, 3.05) is 0 Å². The topological polar surface area (TPSA) is 29.1 Å². The third-order valence-corrected chi connectivity index (χ3v) is 3.40. The van der Waals surface area contributed by atoms with Crippen molar-refractivity contribution in [2.45, 2.75) is 45.0 Å². The Balaban J connectivity index is 2.78. The van der Waals surface area contributed by atoms with E-state index in [1.54, 1.807) is 6.92 Å². The maximum Gasteiger partial charge on any atom is 0.217 e. The molecule has 17 heavy (non-hydrogen) atoms. The molecule has 0 saturated carbocycles. The highest BCUT2D eigenvalue weighted by Crippen LogP contribution is 2.22. The standard InChI is InChI=1S/C14H20ClNO/c1-4-14(16-11(3)17)10(2)13-7-5-12(9-15)6-8-13/h5-8,10,14H,4,9H2,1-3H3,(H,16,17). The van der Waals surface area contributed by atoms with Gasteiger partial charge < -0.3 is 5.32 Å². The SMILES string of the molecule is CCC(NC(C)=O)C(C)c1ccc(CCl)cc1. The lowest BCUT2D eigenvalue weighted by atomic mass is 9.91. The smallest absolute Gasteiger partial charge is 0.217 e. The zero-order valence-corrected chi connectivity index (χ0v) is 11.4. The highest BCUT2D eigenvalue weighted by atomic mass is 35.5. The number of alkyl halides is 1. The first-order valence-electron chi connectivity index (χ1n) is 6.00. The predicted octanol–water partition coefficient (Wildman–Crippen LogP) is 3.44. The van der Waals surface area contributed by atoms with Gasteiger partial charge >= 0.3 is 0 Å². The van der Waals surface area contributed by atoms with E-state index in [4.69, 9.17) is 11.6 Å². The number of carbonyl (C=O) groups is 1.